The Labute approximate surface area is 118 Å². The fraction of sp³-hybridized carbons (Fsp3) is 0.133. The van der Waals surface area contributed by atoms with Gasteiger partial charge < -0.3 is 5.32 Å². The summed E-state index contributed by atoms with van der Waals surface area (Å²) in [5, 5.41) is 2.37. The average molecular weight is 297 g/mol. The fourth-order valence-electron chi connectivity index (χ4n) is 1.87. The van der Waals surface area contributed by atoms with Crippen molar-refractivity contribution in [2.75, 3.05) is 5.32 Å². The molecular formula is C15H11F4NO. The number of anilines is 1. The van der Waals surface area contributed by atoms with Crippen molar-refractivity contribution in [2.45, 2.75) is 13.1 Å². The first-order valence-corrected chi connectivity index (χ1v) is 6.02. The molecule has 0 aliphatic carbocycles. The zero-order chi connectivity index (χ0) is 15.6. The molecule has 0 spiro atoms. The summed E-state index contributed by atoms with van der Waals surface area (Å²) in [4.78, 5) is 12.0. The molecule has 0 bridgehead atoms. The first-order chi connectivity index (χ1) is 9.77. The van der Waals surface area contributed by atoms with Gasteiger partial charge in [0.05, 0.1) is 11.1 Å². The van der Waals surface area contributed by atoms with Crippen LogP contribution < -0.4 is 5.32 Å². The molecule has 2 aromatic rings. The van der Waals surface area contributed by atoms with E-state index in [0.29, 0.717) is 11.8 Å². The van der Waals surface area contributed by atoms with Crippen molar-refractivity contribution < 1.29 is 22.4 Å². The van der Waals surface area contributed by atoms with Crippen LogP contribution in [-0.2, 0) is 6.18 Å². The molecule has 0 saturated heterocycles. The van der Waals surface area contributed by atoms with Gasteiger partial charge in [-0.05, 0) is 42.8 Å². The van der Waals surface area contributed by atoms with E-state index in [-0.39, 0.29) is 0 Å². The molecule has 0 radical (unpaired) electrons. The smallest absolute Gasteiger partial charge is 0.322 e. The maximum Gasteiger partial charge on any atom is 0.417 e. The SMILES string of the molecule is Cc1cccc(NC(=O)c2ccc(F)cc2C(F)(F)F)c1. The van der Waals surface area contributed by atoms with Crippen LogP contribution >= 0.6 is 0 Å². The van der Waals surface area contributed by atoms with Crippen LogP contribution in [0.4, 0.5) is 23.2 Å². The number of aryl methyl sites for hydroxylation is 1. The van der Waals surface area contributed by atoms with E-state index in [1.165, 1.54) is 0 Å². The van der Waals surface area contributed by atoms with E-state index in [2.05, 4.69) is 5.32 Å². The van der Waals surface area contributed by atoms with Crippen LogP contribution in [0.15, 0.2) is 42.5 Å². The lowest BCUT2D eigenvalue weighted by Crippen LogP contribution is -2.19. The lowest BCUT2D eigenvalue weighted by atomic mass is 10.1. The molecule has 110 valence electrons. The van der Waals surface area contributed by atoms with Gasteiger partial charge in [0.2, 0.25) is 0 Å². The molecule has 2 aromatic carbocycles. The molecule has 6 heteroatoms. The Morgan fingerprint density at radius 2 is 1.81 bits per heavy atom. The van der Waals surface area contributed by atoms with Crippen LogP contribution in [0.5, 0.6) is 0 Å². The Balaban J connectivity index is 2.35. The third-order valence-electron chi connectivity index (χ3n) is 2.81. The highest BCUT2D eigenvalue weighted by molar-refractivity contribution is 6.05. The molecule has 2 nitrogen and oxygen atoms in total. The number of hydrogen-bond acceptors (Lipinski definition) is 1. The van der Waals surface area contributed by atoms with Gasteiger partial charge >= 0.3 is 6.18 Å². The summed E-state index contributed by atoms with van der Waals surface area (Å²) in [6.07, 6.45) is -4.80. The van der Waals surface area contributed by atoms with Crippen LogP contribution in [-0.4, -0.2) is 5.91 Å². The Morgan fingerprint density at radius 3 is 2.43 bits per heavy atom. The molecule has 0 unspecified atom stereocenters. The van der Waals surface area contributed by atoms with Crippen molar-refractivity contribution in [3.05, 3.63) is 65.0 Å². The number of carbonyl (C=O) groups is 1. The molecule has 0 atom stereocenters. The van der Waals surface area contributed by atoms with Crippen LogP contribution in [0.25, 0.3) is 0 Å². The summed E-state index contributed by atoms with van der Waals surface area (Å²) in [6.45, 7) is 1.79. The van der Waals surface area contributed by atoms with E-state index >= 15 is 0 Å². The highest BCUT2D eigenvalue weighted by Gasteiger charge is 2.35. The lowest BCUT2D eigenvalue weighted by Gasteiger charge is -2.13. The topological polar surface area (TPSA) is 29.1 Å². The van der Waals surface area contributed by atoms with Gasteiger partial charge in [-0.3, -0.25) is 4.79 Å². The van der Waals surface area contributed by atoms with Crippen LogP contribution in [0, 0.1) is 12.7 Å². The summed E-state index contributed by atoms with van der Waals surface area (Å²) in [5.41, 5.74) is -0.696. The second kappa shape index (κ2) is 5.55. The number of carbonyl (C=O) groups excluding carboxylic acids is 1. The molecule has 0 heterocycles. The molecule has 21 heavy (non-hydrogen) atoms. The number of rotatable bonds is 2. The summed E-state index contributed by atoms with van der Waals surface area (Å²) < 4.78 is 51.5. The molecule has 1 amide bonds. The fourth-order valence-corrected chi connectivity index (χ4v) is 1.87. The van der Waals surface area contributed by atoms with Crippen molar-refractivity contribution in [3.8, 4) is 0 Å². The standard InChI is InChI=1S/C15H11F4NO/c1-9-3-2-4-11(7-9)20-14(21)12-6-5-10(16)8-13(12)15(17,18)19/h2-8H,1H3,(H,20,21). The number of benzene rings is 2. The Morgan fingerprint density at radius 1 is 1.10 bits per heavy atom. The maximum absolute atomic E-state index is 13.0. The number of amides is 1. The molecule has 1 N–H and O–H groups in total. The van der Waals surface area contributed by atoms with Gasteiger partial charge in [-0.15, -0.1) is 0 Å². The van der Waals surface area contributed by atoms with Crippen molar-refractivity contribution >= 4 is 11.6 Å². The molecule has 0 aliphatic rings. The van der Waals surface area contributed by atoms with Crippen molar-refractivity contribution in [3.63, 3.8) is 0 Å². The van der Waals surface area contributed by atoms with Crippen molar-refractivity contribution in [1.82, 2.24) is 0 Å². The monoisotopic (exact) mass is 297 g/mol. The van der Waals surface area contributed by atoms with E-state index in [1.807, 2.05) is 0 Å². The van der Waals surface area contributed by atoms with E-state index in [1.54, 1.807) is 31.2 Å². The second-order valence-electron chi connectivity index (χ2n) is 4.51. The Bertz CT molecular complexity index is 680. The summed E-state index contributed by atoms with van der Waals surface area (Å²) in [7, 11) is 0. The van der Waals surface area contributed by atoms with Gasteiger partial charge in [0.25, 0.3) is 5.91 Å². The van der Waals surface area contributed by atoms with E-state index in [9.17, 15) is 22.4 Å². The van der Waals surface area contributed by atoms with Gasteiger partial charge in [0.1, 0.15) is 5.82 Å². The summed E-state index contributed by atoms with van der Waals surface area (Å²) >= 11 is 0. The number of halogens is 4. The van der Waals surface area contributed by atoms with Crippen molar-refractivity contribution in [1.29, 1.82) is 0 Å². The van der Waals surface area contributed by atoms with Crippen LogP contribution in [0.2, 0.25) is 0 Å². The maximum atomic E-state index is 13.0. The zero-order valence-electron chi connectivity index (χ0n) is 11.0. The highest BCUT2D eigenvalue weighted by atomic mass is 19.4. The third kappa shape index (κ3) is 3.59. The lowest BCUT2D eigenvalue weighted by molar-refractivity contribution is -0.138. The van der Waals surface area contributed by atoms with Gasteiger partial charge in [-0.2, -0.15) is 13.2 Å². The van der Waals surface area contributed by atoms with Crippen LogP contribution in [0.3, 0.4) is 0 Å². The molecule has 0 aromatic heterocycles. The van der Waals surface area contributed by atoms with E-state index in [0.717, 1.165) is 17.7 Å². The number of nitrogens with one attached hydrogen (secondary N) is 1. The molecule has 0 aliphatic heterocycles. The molecular weight excluding hydrogens is 286 g/mol. The first-order valence-electron chi connectivity index (χ1n) is 6.02. The second-order valence-corrected chi connectivity index (χ2v) is 4.51. The van der Waals surface area contributed by atoms with E-state index in [4.69, 9.17) is 0 Å². The highest BCUT2D eigenvalue weighted by Crippen LogP contribution is 2.32. The minimum atomic E-state index is -4.80. The molecule has 2 rings (SSSR count). The quantitative estimate of drug-likeness (QED) is 0.818. The third-order valence-corrected chi connectivity index (χ3v) is 2.81. The normalized spacial score (nSPS) is 11.3. The predicted octanol–water partition coefficient (Wildman–Crippen LogP) is 4.41. The minimum absolute atomic E-state index is 0.311. The first kappa shape index (κ1) is 15.0. The number of hydrogen-bond donors (Lipinski definition) is 1. The predicted molar refractivity (Wildman–Crippen MR) is 70.5 cm³/mol. The Hall–Kier alpha value is -2.37. The molecule has 0 saturated carbocycles. The number of alkyl halides is 3. The average Bonchev–Trinajstić information content (AvgIpc) is 2.37. The van der Waals surface area contributed by atoms with Gasteiger partial charge in [-0.1, -0.05) is 12.1 Å². The largest absolute Gasteiger partial charge is 0.417 e. The van der Waals surface area contributed by atoms with E-state index < -0.39 is 29.0 Å². The van der Waals surface area contributed by atoms with Crippen LogP contribution in [0.1, 0.15) is 21.5 Å². The Kier molecular flexibility index (Phi) is 3.97. The zero-order valence-corrected chi connectivity index (χ0v) is 11.0. The summed E-state index contributed by atoms with van der Waals surface area (Å²) in [6, 6.07) is 8.58. The van der Waals surface area contributed by atoms with Gasteiger partial charge in [0, 0.05) is 5.69 Å². The molecule has 0 fully saturated rings. The van der Waals surface area contributed by atoms with Crippen molar-refractivity contribution in [2.24, 2.45) is 0 Å². The summed E-state index contributed by atoms with van der Waals surface area (Å²) in [5.74, 6) is -1.98. The minimum Gasteiger partial charge on any atom is -0.322 e. The van der Waals surface area contributed by atoms with Gasteiger partial charge in [-0.25, -0.2) is 4.39 Å². The van der Waals surface area contributed by atoms with Gasteiger partial charge in [0.15, 0.2) is 0 Å².